The van der Waals surface area contributed by atoms with Crippen LogP contribution in [0.4, 0.5) is 0 Å². The van der Waals surface area contributed by atoms with Gasteiger partial charge < -0.3 is 19.3 Å². The van der Waals surface area contributed by atoms with Crippen molar-refractivity contribution in [3.8, 4) is 22.6 Å². The van der Waals surface area contributed by atoms with Crippen LogP contribution >= 0.6 is 0 Å². The lowest BCUT2D eigenvalue weighted by Gasteiger charge is -2.17. The monoisotopic (exact) mass is 396 g/mol. The van der Waals surface area contributed by atoms with E-state index in [4.69, 9.17) is 19.3 Å². The third-order valence-corrected chi connectivity index (χ3v) is 4.61. The Bertz CT molecular complexity index is 994. The maximum absolute atomic E-state index is 11.0. The minimum absolute atomic E-state index is 0.00904. The number of ether oxygens (including phenoxy) is 3. The van der Waals surface area contributed by atoms with Crippen molar-refractivity contribution in [2.75, 3.05) is 20.8 Å². The van der Waals surface area contributed by atoms with Crippen LogP contribution in [0.5, 0.6) is 11.5 Å². The van der Waals surface area contributed by atoms with Crippen LogP contribution in [0.1, 0.15) is 24.6 Å². The van der Waals surface area contributed by atoms with Gasteiger partial charge in [0.25, 0.3) is 0 Å². The van der Waals surface area contributed by atoms with Gasteiger partial charge in [0, 0.05) is 36.4 Å². The molecule has 1 N–H and O–H groups in total. The van der Waals surface area contributed by atoms with Gasteiger partial charge in [-0.25, -0.2) is 0 Å². The molecule has 2 heterocycles. The van der Waals surface area contributed by atoms with E-state index in [0.717, 1.165) is 27.6 Å². The molecule has 2 aromatic heterocycles. The maximum atomic E-state index is 11.0. The molecule has 3 rings (SSSR count). The van der Waals surface area contributed by atoms with Crippen LogP contribution < -0.4 is 9.47 Å². The van der Waals surface area contributed by atoms with Crippen molar-refractivity contribution in [1.29, 1.82) is 0 Å². The zero-order valence-corrected chi connectivity index (χ0v) is 16.8. The molecule has 0 radical (unpaired) electrons. The average molecular weight is 396 g/mol. The lowest BCUT2D eigenvalue weighted by Crippen LogP contribution is -2.02. The molecule has 3 aromatic rings. The number of fused-ring (bicyclic) bond motifs is 1. The van der Waals surface area contributed by atoms with Gasteiger partial charge in [0.05, 0.1) is 44.0 Å². The fourth-order valence-electron chi connectivity index (χ4n) is 3.27. The summed E-state index contributed by atoms with van der Waals surface area (Å²) in [6.07, 6.45) is 3.75. The van der Waals surface area contributed by atoms with E-state index < -0.39 is 5.97 Å². The van der Waals surface area contributed by atoms with Gasteiger partial charge in [0.1, 0.15) is 11.5 Å². The molecule has 0 saturated heterocycles. The third kappa shape index (κ3) is 4.46. The number of carboxylic acid groups (broad SMARTS) is 1. The van der Waals surface area contributed by atoms with Crippen LogP contribution in [0.2, 0.25) is 0 Å². The maximum Gasteiger partial charge on any atom is 0.303 e. The number of benzene rings is 1. The number of pyridine rings is 2. The van der Waals surface area contributed by atoms with E-state index in [0.29, 0.717) is 36.8 Å². The third-order valence-electron chi connectivity index (χ3n) is 4.61. The molecule has 7 heteroatoms. The lowest BCUT2D eigenvalue weighted by molar-refractivity contribution is -0.136. The van der Waals surface area contributed by atoms with Crippen molar-refractivity contribution < 1.29 is 24.1 Å². The second-order valence-electron chi connectivity index (χ2n) is 6.42. The molecule has 29 heavy (non-hydrogen) atoms. The Kier molecular flexibility index (Phi) is 6.61. The van der Waals surface area contributed by atoms with E-state index >= 15 is 0 Å². The summed E-state index contributed by atoms with van der Waals surface area (Å²) in [7, 11) is 3.21. The van der Waals surface area contributed by atoms with Crippen LogP contribution in [-0.2, 0) is 22.6 Å². The van der Waals surface area contributed by atoms with Crippen molar-refractivity contribution in [2.24, 2.45) is 0 Å². The molecule has 0 saturated carbocycles. The van der Waals surface area contributed by atoms with Crippen LogP contribution in [0.3, 0.4) is 0 Å². The zero-order chi connectivity index (χ0) is 20.8. The topological polar surface area (TPSA) is 90.8 Å². The first kappa shape index (κ1) is 20.5. The average Bonchev–Trinajstić information content (AvgIpc) is 2.75. The zero-order valence-electron chi connectivity index (χ0n) is 16.8. The smallest absolute Gasteiger partial charge is 0.303 e. The number of hydrogen-bond acceptors (Lipinski definition) is 6. The Balaban J connectivity index is 2.17. The normalized spacial score (nSPS) is 10.9. The molecular weight excluding hydrogens is 372 g/mol. The fourth-order valence-corrected chi connectivity index (χ4v) is 3.27. The summed E-state index contributed by atoms with van der Waals surface area (Å²) in [5, 5.41) is 9.83. The number of carbonyl (C=O) groups is 1. The van der Waals surface area contributed by atoms with Crippen LogP contribution in [-0.4, -0.2) is 41.9 Å². The van der Waals surface area contributed by atoms with E-state index in [9.17, 15) is 4.79 Å². The predicted octanol–water partition coefficient (Wildman–Crippen LogP) is 3.87. The molecule has 0 atom stereocenters. The molecule has 1 aromatic carbocycles. The molecule has 0 amide bonds. The number of methoxy groups -OCH3 is 2. The van der Waals surface area contributed by atoms with Crippen molar-refractivity contribution in [3.63, 3.8) is 0 Å². The second kappa shape index (κ2) is 9.34. The van der Waals surface area contributed by atoms with Gasteiger partial charge in [-0.1, -0.05) is 0 Å². The first-order valence-electron chi connectivity index (χ1n) is 9.36. The van der Waals surface area contributed by atoms with Gasteiger partial charge in [-0.15, -0.1) is 0 Å². The van der Waals surface area contributed by atoms with Gasteiger partial charge in [0.2, 0.25) is 0 Å². The Morgan fingerprint density at radius 2 is 1.86 bits per heavy atom. The first-order valence-corrected chi connectivity index (χ1v) is 9.36. The van der Waals surface area contributed by atoms with Crippen LogP contribution in [0.25, 0.3) is 22.0 Å². The highest BCUT2D eigenvalue weighted by atomic mass is 16.5. The highest BCUT2D eigenvalue weighted by molar-refractivity contribution is 5.97. The molecule has 7 nitrogen and oxygen atoms in total. The van der Waals surface area contributed by atoms with Gasteiger partial charge in [-0.2, -0.15) is 0 Å². The quantitative estimate of drug-likeness (QED) is 0.587. The molecule has 0 spiro atoms. The lowest BCUT2D eigenvalue weighted by atomic mass is 9.98. The van der Waals surface area contributed by atoms with Crippen molar-refractivity contribution in [2.45, 2.75) is 26.4 Å². The molecule has 0 unspecified atom stereocenters. The van der Waals surface area contributed by atoms with E-state index in [2.05, 4.69) is 9.97 Å². The van der Waals surface area contributed by atoms with E-state index in [1.807, 2.05) is 31.2 Å². The molecule has 0 aliphatic carbocycles. The number of hydrogen-bond donors (Lipinski definition) is 1. The molecule has 0 aliphatic rings. The number of nitrogens with zero attached hydrogens (tertiary/aromatic N) is 2. The van der Waals surface area contributed by atoms with Gasteiger partial charge >= 0.3 is 5.97 Å². The number of aryl methyl sites for hydroxylation is 1. The summed E-state index contributed by atoms with van der Waals surface area (Å²) in [4.78, 5) is 20.1. The summed E-state index contributed by atoms with van der Waals surface area (Å²) in [5.41, 5.74) is 3.86. The molecule has 0 aliphatic heterocycles. The first-order chi connectivity index (χ1) is 14.1. The van der Waals surface area contributed by atoms with E-state index in [1.54, 1.807) is 26.6 Å². The molecule has 0 fully saturated rings. The van der Waals surface area contributed by atoms with Gasteiger partial charge in [0.15, 0.2) is 0 Å². The summed E-state index contributed by atoms with van der Waals surface area (Å²) in [6.45, 7) is 3.01. The van der Waals surface area contributed by atoms with E-state index in [-0.39, 0.29) is 6.42 Å². The van der Waals surface area contributed by atoms with Gasteiger partial charge in [-0.05, 0) is 36.8 Å². The highest BCUT2D eigenvalue weighted by Gasteiger charge is 2.19. The van der Waals surface area contributed by atoms with Crippen molar-refractivity contribution in [3.05, 3.63) is 47.9 Å². The Hall–Kier alpha value is -3.19. The Morgan fingerprint density at radius 3 is 2.48 bits per heavy atom. The van der Waals surface area contributed by atoms with Crippen LogP contribution in [0, 0.1) is 0 Å². The largest absolute Gasteiger partial charge is 0.496 e. The van der Waals surface area contributed by atoms with Crippen molar-refractivity contribution in [1.82, 2.24) is 9.97 Å². The Labute approximate surface area is 169 Å². The number of rotatable bonds is 9. The molecule has 152 valence electrons. The number of aromatic nitrogens is 2. The summed E-state index contributed by atoms with van der Waals surface area (Å²) >= 11 is 0. The minimum Gasteiger partial charge on any atom is -0.496 e. The second-order valence-corrected chi connectivity index (χ2v) is 6.42. The number of carboxylic acids is 1. The molecule has 0 bridgehead atoms. The SMILES string of the molecule is CCOCc1cc(OC)c(-c2cnc(CCC(=O)O)c3cccnc23)c(OC)c1. The number of aliphatic carboxylic acids is 1. The minimum atomic E-state index is -0.860. The summed E-state index contributed by atoms with van der Waals surface area (Å²) in [5.74, 6) is 0.401. The predicted molar refractivity (Wildman–Crippen MR) is 109 cm³/mol. The van der Waals surface area contributed by atoms with Crippen LogP contribution in [0.15, 0.2) is 36.7 Å². The highest BCUT2D eigenvalue weighted by Crippen LogP contribution is 2.42. The van der Waals surface area contributed by atoms with Gasteiger partial charge in [-0.3, -0.25) is 14.8 Å². The summed E-state index contributed by atoms with van der Waals surface area (Å²) in [6, 6.07) is 7.55. The fraction of sp³-hybridized carbons (Fsp3) is 0.318. The standard InChI is InChI=1S/C22H24N2O5/c1-4-29-13-14-10-18(27-2)21(19(11-14)28-3)16-12-24-17(7-8-20(25)26)15-6-5-9-23-22(15)16/h5-6,9-12H,4,7-8,13H2,1-3H3,(H,25,26). The molecular formula is C22H24N2O5. The van der Waals surface area contributed by atoms with E-state index in [1.165, 1.54) is 0 Å². The Morgan fingerprint density at radius 1 is 1.14 bits per heavy atom. The van der Waals surface area contributed by atoms with Crippen molar-refractivity contribution >= 4 is 16.9 Å². The summed E-state index contributed by atoms with van der Waals surface area (Å²) < 4.78 is 16.8.